The molecule has 5 N–H and O–H groups in total. The molecular formula is C8H9F3N4O2. The van der Waals surface area contributed by atoms with E-state index in [2.05, 4.69) is 4.74 Å². The molecule has 0 aliphatic heterocycles. The average molecular weight is 250 g/mol. The van der Waals surface area contributed by atoms with Crippen molar-refractivity contribution in [3.05, 3.63) is 24.3 Å². The van der Waals surface area contributed by atoms with Gasteiger partial charge in [0.15, 0.2) is 0 Å². The second kappa shape index (κ2) is 4.89. The molecular weight excluding hydrogens is 241 g/mol. The van der Waals surface area contributed by atoms with E-state index < -0.39 is 18.1 Å². The summed E-state index contributed by atoms with van der Waals surface area (Å²) in [7, 11) is 0. The maximum absolute atomic E-state index is 11.9. The van der Waals surface area contributed by atoms with Crippen LogP contribution in [0.2, 0.25) is 0 Å². The Morgan fingerprint density at radius 3 is 2.59 bits per heavy atom. The number of rotatable bonds is 2. The standard InChI is InChI=1S/C8H9F3N4O2/c9-8(10,11)17-6-3-1-2-5(4-6)15(13)7(16)14-12/h1-4H,12-13H2,(H,14,16). The van der Waals surface area contributed by atoms with Crippen molar-refractivity contribution in [1.29, 1.82) is 0 Å². The van der Waals surface area contributed by atoms with Gasteiger partial charge in [0.05, 0.1) is 5.69 Å². The number of nitrogens with two attached hydrogens (primary N) is 2. The summed E-state index contributed by atoms with van der Waals surface area (Å²) < 4.78 is 39.5. The van der Waals surface area contributed by atoms with E-state index in [1.54, 1.807) is 5.43 Å². The van der Waals surface area contributed by atoms with Crippen LogP contribution in [0.5, 0.6) is 5.75 Å². The molecule has 0 saturated heterocycles. The second-order valence-electron chi connectivity index (χ2n) is 2.86. The molecule has 0 heterocycles. The predicted molar refractivity (Wildman–Crippen MR) is 52.5 cm³/mol. The molecule has 0 aliphatic carbocycles. The summed E-state index contributed by atoms with van der Waals surface area (Å²) in [6, 6.07) is 3.71. The first-order valence-electron chi connectivity index (χ1n) is 4.24. The number of hydrazine groups is 2. The molecule has 0 radical (unpaired) electrons. The molecule has 0 spiro atoms. The first-order chi connectivity index (χ1) is 7.83. The molecule has 0 saturated carbocycles. The molecule has 2 amide bonds. The van der Waals surface area contributed by atoms with E-state index in [0.717, 1.165) is 12.1 Å². The van der Waals surface area contributed by atoms with Gasteiger partial charge in [0, 0.05) is 6.07 Å². The Bertz CT molecular complexity index is 410. The molecule has 0 atom stereocenters. The third kappa shape index (κ3) is 3.81. The molecule has 1 aromatic rings. The minimum absolute atomic E-state index is 0.00491. The number of nitrogens with one attached hydrogen (secondary N) is 1. The van der Waals surface area contributed by atoms with Gasteiger partial charge in [0.2, 0.25) is 0 Å². The summed E-state index contributed by atoms with van der Waals surface area (Å²) in [5.74, 6) is 9.61. The van der Waals surface area contributed by atoms with Crippen LogP contribution in [0.15, 0.2) is 24.3 Å². The number of carbonyl (C=O) groups excluding carboxylic acids is 1. The number of nitrogens with zero attached hydrogens (tertiary/aromatic N) is 1. The number of hydrogen-bond donors (Lipinski definition) is 3. The third-order valence-electron chi connectivity index (χ3n) is 1.67. The van der Waals surface area contributed by atoms with Crippen LogP contribution in [0.1, 0.15) is 0 Å². The lowest BCUT2D eigenvalue weighted by atomic mass is 10.3. The number of anilines is 1. The van der Waals surface area contributed by atoms with E-state index >= 15 is 0 Å². The summed E-state index contributed by atoms with van der Waals surface area (Å²) in [5.41, 5.74) is 1.72. The highest BCUT2D eigenvalue weighted by Crippen LogP contribution is 2.25. The van der Waals surface area contributed by atoms with Crippen LogP contribution in [0.3, 0.4) is 0 Å². The van der Waals surface area contributed by atoms with Crippen molar-refractivity contribution in [2.45, 2.75) is 6.36 Å². The van der Waals surface area contributed by atoms with Crippen molar-refractivity contribution >= 4 is 11.7 Å². The number of amides is 2. The van der Waals surface area contributed by atoms with Crippen molar-refractivity contribution in [2.75, 3.05) is 5.01 Å². The van der Waals surface area contributed by atoms with Gasteiger partial charge in [-0.2, -0.15) is 0 Å². The third-order valence-corrected chi connectivity index (χ3v) is 1.67. The van der Waals surface area contributed by atoms with Gasteiger partial charge in [-0.25, -0.2) is 21.5 Å². The molecule has 1 rings (SSSR count). The SMILES string of the molecule is NNC(=O)N(N)c1cccc(OC(F)(F)F)c1. The van der Waals surface area contributed by atoms with Gasteiger partial charge >= 0.3 is 12.4 Å². The highest BCUT2D eigenvalue weighted by Gasteiger charge is 2.31. The van der Waals surface area contributed by atoms with Gasteiger partial charge in [-0.3, -0.25) is 5.43 Å². The van der Waals surface area contributed by atoms with E-state index in [1.165, 1.54) is 12.1 Å². The van der Waals surface area contributed by atoms with Gasteiger partial charge < -0.3 is 4.74 Å². The first-order valence-corrected chi connectivity index (χ1v) is 4.24. The minimum Gasteiger partial charge on any atom is -0.406 e. The lowest BCUT2D eigenvalue weighted by molar-refractivity contribution is -0.274. The van der Waals surface area contributed by atoms with Crippen molar-refractivity contribution in [3.8, 4) is 5.75 Å². The number of hydrogen-bond acceptors (Lipinski definition) is 4. The molecule has 0 fully saturated rings. The van der Waals surface area contributed by atoms with Crippen LogP contribution in [0, 0.1) is 0 Å². The van der Waals surface area contributed by atoms with Crippen molar-refractivity contribution < 1.29 is 22.7 Å². The molecule has 0 aliphatic rings. The predicted octanol–water partition coefficient (Wildman–Crippen LogP) is 0.849. The monoisotopic (exact) mass is 250 g/mol. The molecule has 94 valence electrons. The highest BCUT2D eigenvalue weighted by molar-refractivity contribution is 5.90. The van der Waals surface area contributed by atoms with Crippen molar-refractivity contribution in [1.82, 2.24) is 5.43 Å². The zero-order chi connectivity index (χ0) is 13.1. The molecule has 0 unspecified atom stereocenters. The highest BCUT2D eigenvalue weighted by atomic mass is 19.4. The second-order valence-corrected chi connectivity index (χ2v) is 2.86. The number of urea groups is 1. The van der Waals surface area contributed by atoms with E-state index in [4.69, 9.17) is 11.7 Å². The quantitative estimate of drug-likeness (QED) is 0.412. The van der Waals surface area contributed by atoms with E-state index in [1.807, 2.05) is 0 Å². The van der Waals surface area contributed by atoms with Crippen molar-refractivity contribution in [3.63, 3.8) is 0 Å². The summed E-state index contributed by atoms with van der Waals surface area (Å²) in [4.78, 5) is 11.0. The maximum Gasteiger partial charge on any atom is 0.573 e. The van der Waals surface area contributed by atoms with Gasteiger partial charge in [-0.05, 0) is 12.1 Å². The first kappa shape index (κ1) is 13.1. The normalized spacial score (nSPS) is 10.9. The number of alkyl halides is 3. The van der Waals surface area contributed by atoms with E-state index in [-0.39, 0.29) is 5.69 Å². The fraction of sp³-hybridized carbons (Fsp3) is 0.125. The lowest BCUT2D eigenvalue weighted by Crippen LogP contribution is -2.47. The van der Waals surface area contributed by atoms with Gasteiger partial charge in [0.25, 0.3) is 0 Å². The Morgan fingerprint density at radius 2 is 2.06 bits per heavy atom. The van der Waals surface area contributed by atoms with Crippen LogP contribution in [-0.2, 0) is 0 Å². The zero-order valence-corrected chi connectivity index (χ0v) is 8.36. The molecule has 9 heteroatoms. The maximum atomic E-state index is 11.9. The molecule has 0 bridgehead atoms. The summed E-state index contributed by atoms with van der Waals surface area (Å²) in [6.07, 6.45) is -4.81. The summed E-state index contributed by atoms with van der Waals surface area (Å²) >= 11 is 0. The summed E-state index contributed by atoms with van der Waals surface area (Å²) in [6.45, 7) is 0. The average Bonchev–Trinajstić information content (AvgIpc) is 2.25. The summed E-state index contributed by atoms with van der Waals surface area (Å²) in [5, 5.41) is 0.545. The van der Waals surface area contributed by atoms with Crippen LogP contribution < -0.4 is 26.9 Å². The molecule has 1 aromatic carbocycles. The van der Waals surface area contributed by atoms with Crippen molar-refractivity contribution in [2.24, 2.45) is 11.7 Å². The van der Waals surface area contributed by atoms with Crippen LogP contribution in [0.25, 0.3) is 0 Å². The van der Waals surface area contributed by atoms with E-state index in [9.17, 15) is 18.0 Å². The van der Waals surface area contributed by atoms with Gasteiger partial charge in [-0.15, -0.1) is 13.2 Å². The molecule has 17 heavy (non-hydrogen) atoms. The Hall–Kier alpha value is -2.00. The Morgan fingerprint density at radius 1 is 1.41 bits per heavy atom. The Balaban J connectivity index is 2.89. The van der Waals surface area contributed by atoms with Gasteiger partial charge in [-0.1, -0.05) is 6.07 Å². The Kier molecular flexibility index (Phi) is 3.76. The fourth-order valence-corrected chi connectivity index (χ4v) is 1.02. The zero-order valence-electron chi connectivity index (χ0n) is 8.36. The van der Waals surface area contributed by atoms with E-state index in [0.29, 0.717) is 5.01 Å². The number of carbonyl (C=O) groups is 1. The number of halogens is 3. The molecule has 0 aromatic heterocycles. The van der Waals surface area contributed by atoms with Crippen LogP contribution in [-0.4, -0.2) is 12.4 Å². The van der Waals surface area contributed by atoms with Gasteiger partial charge in [0.1, 0.15) is 5.75 Å². The minimum atomic E-state index is -4.81. The topological polar surface area (TPSA) is 93.6 Å². The Labute approximate surface area is 93.9 Å². The largest absolute Gasteiger partial charge is 0.573 e. The fourth-order valence-electron chi connectivity index (χ4n) is 1.02. The van der Waals surface area contributed by atoms with Crippen LogP contribution >= 0.6 is 0 Å². The lowest BCUT2D eigenvalue weighted by Gasteiger charge is -2.17. The molecule has 6 nitrogen and oxygen atoms in total. The number of benzene rings is 1. The van der Waals surface area contributed by atoms with Crippen LogP contribution in [0.4, 0.5) is 23.7 Å². The number of ether oxygens (including phenoxy) is 1. The smallest absolute Gasteiger partial charge is 0.406 e.